The highest BCUT2D eigenvalue weighted by molar-refractivity contribution is 5.50. The Kier molecular flexibility index (Phi) is 4.18. The van der Waals surface area contributed by atoms with E-state index in [9.17, 15) is 4.39 Å². The predicted molar refractivity (Wildman–Crippen MR) is 71.6 cm³/mol. The summed E-state index contributed by atoms with van der Waals surface area (Å²) in [6.07, 6.45) is 0. The Bertz CT molecular complexity index is 513. The molecule has 0 fully saturated rings. The first-order chi connectivity index (χ1) is 8.75. The summed E-state index contributed by atoms with van der Waals surface area (Å²) in [6, 6.07) is 14.2. The minimum Gasteiger partial charge on any atom is -0.492 e. The van der Waals surface area contributed by atoms with Gasteiger partial charge >= 0.3 is 0 Å². The zero-order valence-corrected chi connectivity index (χ0v) is 10.3. The topological polar surface area (TPSA) is 21.3 Å². The molecule has 2 rings (SSSR count). The highest BCUT2D eigenvalue weighted by Crippen LogP contribution is 2.13. The molecule has 0 radical (unpaired) electrons. The van der Waals surface area contributed by atoms with Crippen molar-refractivity contribution in [3.63, 3.8) is 0 Å². The molecule has 18 heavy (non-hydrogen) atoms. The molecule has 0 saturated carbocycles. The van der Waals surface area contributed by atoms with Gasteiger partial charge in [0.15, 0.2) is 0 Å². The van der Waals surface area contributed by atoms with Gasteiger partial charge in [-0.3, -0.25) is 0 Å². The average molecular weight is 245 g/mol. The van der Waals surface area contributed by atoms with Crippen LogP contribution in [0.3, 0.4) is 0 Å². The van der Waals surface area contributed by atoms with E-state index in [0.717, 1.165) is 5.69 Å². The maximum Gasteiger partial charge on any atom is 0.126 e. The van der Waals surface area contributed by atoms with Gasteiger partial charge in [0, 0.05) is 18.3 Å². The fourth-order valence-electron chi connectivity index (χ4n) is 1.68. The Morgan fingerprint density at radius 3 is 2.72 bits per heavy atom. The van der Waals surface area contributed by atoms with Crippen LogP contribution in [0.25, 0.3) is 0 Å². The molecule has 0 amide bonds. The Balaban J connectivity index is 1.78. The van der Waals surface area contributed by atoms with Crippen LogP contribution in [0, 0.1) is 12.7 Å². The molecule has 0 heterocycles. The molecular formula is C15H16FNO. The monoisotopic (exact) mass is 245 g/mol. The molecule has 1 N–H and O–H groups in total. The summed E-state index contributed by atoms with van der Waals surface area (Å²) >= 11 is 0. The van der Waals surface area contributed by atoms with Gasteiger partial charge in [-0.15, -0.1) is 0 Å². The Morgan fingerprint density at radius 1 is 1.11 bits per heavy atom. The second-order valence-electron chi connectivity index (χ2n) is 4.05. The summed E-state index contributed by atoms with van der Waals surface area (Å²) in [5, 5.41) is 3.28. The van der Waals surface area contributed by atoms with Crippen LogP contribution in [-0.2, 0) is 0 Å². The number of anilines is 1. The molecule has 2 aromatic carbocycles. The molecule has 2 aromatic rings. The molecule has 0 aromatic heterocycles. The zero-order valence-electron chi connectivity index (χ0n) is 10.3. The van der Waals surface area contributed by atoms with Gasteiger partial charge in [-0.2, -0.15) is 0 Å². The molecule has 0 atom stereocenters. The molecule has 0 saturated heterocycles. The van der Waals surface area contributed by atoms with Crippen molar-refractivity contribution in [3.8, 4) is 5.75 Å². The first kappa shape index (κ1) is 12.4. The van der Waals surface area contributed by atoms with Gasteiger partial charge < -0.3 is 10.1 Å². The number of ether oxygens (including phenoxy) is 1. The minimum absolute atomic E-state index is 0.278. The van der Waals surface area contributed by atoms with Crippen LogP contribution in [-0.4, -0.2) is 13.2 Å². The average Bonchev–Trinajstić information content (AvgIpc) is 2.37. The molecule has 0 spiro atoms. The number of rotatable bonds is 5. The minimum atomic E-state index is -0.278. The van der Waals surface area contributed by atoms with Crippen LogP contribution in [0.1, 0.15) is 5.56 Å². The second kappa shape index (κ2) is 6.05. The van der Waals surface area contributed by atoms with Crippen LogP contribution in [0.15, 0.2) is 48.5 Å². The summed E-state index contributed by atoms with van der Waals surface area (Å²) in [6.45, 7) is 3.23. The molecule has 0 aliphatic heterocycles. The van der Waals surface area contributed by atoms with Crippen molar-refractivity contribution in [2.45, 2.75) is 6.92 Å². The molecule has 0 bridgehead atoms. The smallest absolute Gasteiger partial charge is 0.126 e. The van der Waals surface area contributed by atoms with Crippen molar-refractivity contribution >= 4 is 5.69 Å². The molecule has 0 aliphatic rings. The van der Waals surface area contributed by atoms with E-state index < -0.39 is 0 Å². The Labute approximate surface area is 106 Å². The summed E-state index contributed by atoms with van der Waals surface area (Å²) in [4.78, 5) is 0. The number of aryl methyl sites for hydroxylation is 1. The lowest BCUT2D eigenvalue weighted by Gasteiger charge is -2.10. The van der Waals surface area contributed by atoms with E-state index in [1.165, 1.54) is 17.7 Å². The van der Waals surface area contributed by atoms with Gasteiger partial charge in [-0.05, 0) is 30.7 Å². The lowest BCUT2D eigenvalue weighted by Crippen LogP contribution is -2.12. The van der Waals surface area contributed by atoms with Crippen LogP contribution in [0.4, 0.5) is 10.1 Å². The Morgan fingerprint density at radius 2 is 1.94 bits per heavy atom. The Hall–Kier alpha value is -2.03. The molecule has 3 heteroatoms. The van der Waals surface area contributed by atoms with Gasteiger partial charge in [0.2, 0.25) is 0 Å². The first-order valence-corrected chi connectivity index (χ1v) is 5.93. The highest BCUT2D eigenvalue weighted by Gasteiger charge is 1.97. The van der Waals surface area contributed by atoms with E-state index in [1.807, 2.05) is 18.2 Å². The third kappa shape index (κ3) is 3.48. The van der Waals surface area contributed by atoms with E-state index >= 15 is 0 Å². The largest absolute Gasteiger partial charge is 0.492 e. The van der Waals surface area contributed by atoms with Crippen molar-refractivity contribution < 1.29 is 9.13 Å². The standard InChI is InChI=1S/C15H16FNO/c1-12-5-2-3-8-15(12)17-9-10-18-14-7-4-6-13(16)11-14/h2-8,11,17H,9-10H2,1H3. The maximum absolute atomic E-state index is 12.9. The van der Waals surface area contributed by atoms with Crippen molar-refractivity contribution in [1.82, 2.24) is 0 Å². The molecule has 0 aliphatic carbocycles. The number of halogens is 1. The third-order valence-corrected chi connectivity index (χ3v) is 2.63. The van der Waals surface area contributed by atoms with Crippen molar-refractivity contribution in [2.24, 2.45) is 0 Å². The number of para-hydroxylation sites is 1. The van der Waals surface area contributed by atoms with Gasteiger partial charge in [0.25, 0.3) is 0 Å². The molecular weight excluding hydrogens is 229 g/mol. The summed E-state index contributed by atoms with van der Waals surface area (Å²) < 4.78 is 18.3. The number of benzene rings is 2. The van der Waals surface area contributed by atoms with Crippen LogP contribution in [0.2, 0.25) is 0 Å². The van der Waals surface area contributed by atoms with Crippen LogP contribution >= 0.6 is 0 Å². The van der Waals surface area contributed by atoms with Gasteiger partial charge in [0.05, 0.1) is 0 Å². The number of hydrogen-bond acceptors (Lipinski definition) is 2. The lowest BCUT2D eigenvalue weighted by molar-refractivity contribution is 0.331. The van der Waals surface area contributed by atoms with Crippen LogP contribution in [0.5, 0.6) is 5.75 Å². The highest BCUT2D eigenvalue weighted by atomic mass is 19.1. The van der Waals surface area contributed by atoms with E-state index in [0.29, 0.717) is 18.9 Å². The normalized spacial score (nSPS) is 10.1. The van der Waals surface area contributed by atoms with Gasteiger partial charge in [-0.1, -0.05) is 24.3 Å². The molecule has 0 unspecified atom stereocenters. The summed E-state index contributed by atoms with van der Waals surface area (Å²) in [7, 11) is 0. The first-order valence-electron chi connectivity index (χ1n) is 5.93. The van der Waals surface area contributed by atoms with E-state index in [-0.39, 0.29) is 5.82 Å². The SMILES string of the molecule is Cc1ccccc1NCCOc1cccc(F)c1. The summed E-state index contributed by atoms with van der Waals surface area (Å²) in [5.74, 6) is 0.279. The van der Waals surface area contributed by atoms with Gasteiger partial charge in [0.1, 0.15) is 18.2 Å². The van der Waals surface area contributed by atoms with Crippen molar-refractivity contribution in [1.29, 1.82) is 0 Å². The van der Waals surface area contributed by atoms with E-state index in [1.54, 1.807) is 12.1 Å². The van der Waals surface area contributed by atoms with Crippen LogP contribution < -0.4 is 10.1 Å². The lowest BCUT2D eigenvalue weighted by atomic mass is 10.2. The predicted octanol–water partition coefficient (Wildman–Crippen LogP) is 3.63. The van der Waals surface area contributed by atoms with Gasteiger partial charge in [-0.25, -0.2) is 4.39 Å². The molecule has 94 valence electrons. The second-order valence-corrected chi connectivity index (χ2v) is 4.05. The third-order valence-electron chi connectivity index (χ3n) is 2.63. The van der Waals surface area contributed by atoms with E-state index in [4.69, 9.17) is 4.74 Å². The molecule has 2 nitrogen and oxygen atoms in total. The zero-order chi connectivity index (χ0) is 12.8. The van der Waals surface area contributed by atoms with Crippen molar-refractivity contribution in [3.05, 3.63) is 59.9 Å². The fraction of sp³-hybridized carbons (Fsp3) is 0.200. The van der Waals surface area contributed by atoms with E-state index in [2.05, 4.69) is 18.3 Å². The van der Waals surface area contributed by atoms with Crippen molar-refractivity contribution in [2.75, 3.05) is 18.5 Å². The number of nitrogens with one attached hydrogen (secondary N) is 1. The fourth-order valence-corrected chi connectivity index (χ4v) is 1.68. The maximum atomic E-state index is 12.9. The number of hydrogen-bond donors (Lipinski definition) is 1. The summed E-state index contributed by atoms with van der Waals surface area (Å²) in [5.41, 5.74) is 2.29. The quantitative estimate of drug-likeness (QED) is 0.812.